The monoisotopic (exact) mass is 311 g/mol. The summed E-state index contributed by atoms with van der Waals surface area (Å²) in [6.45, 7) is 6.88. The maximum absolute atomic E-state index is 12.2. The molecule has 0 radical (unpaired) electrons. The normalized spacial score (nSPS) is 15.1. The van der Waals surface area contributed by atoms with Crippen LogP contribution in [0.2, 0.25) is 0 Å². The lowest BCUT2D eigenvalue weighted by atomic mass is 10.0. The minimum absolute atomic E-state index is 0.120. The Labute approximate surface area is 131 Å². The number of carbonyl (C=O) groups excluding carboxylic acids is 1. The van der Waals surface area contributed by atoms with Crippen molar-refractivity contribution in [2.45, 2.75) is 45.8 Å². The summed E-state index contributed by atoms with van der Waals surface area (Å²) < 4.78 is 10.8. The fourth-order valence-corrected chi connectivity index (χ4v) is 2.50. The summed E-state index contributed by atoms with van der Waals surface area (Å²) in [7, 11) is 0. The van der Waals surface area contributed by atoms with Gasteiger partial charge < -0.3 is 14.4 Å². The number of hydrogen-bond donors (Lipinski definition) is 0. The number of rotatable bonds is 2. The molecule has 0 N–H and O–H groups in total. The van der Waals surface area contributed by atoms with E-state index >= 15 is 0 Å². The molecule has 4 nitrogen and oxygen atoms in total. The summed E-state index contributed by atoms with van der Waals surface area (Å²) in [5.41, 5.74) is 1.87. The van der Waals surface area contributed by atoms with Gasteiger partial charge in [-0.25, -0.2) is 4.79 Å². The second kappa shape index (κ2) is 6.56. The van der Waals surface area contributed by atoms with Crippen molar-refractivity contribution >= 4 is 17.7 Å². The van der Waals surface area contributed by atoms with Gasteiger partial charge in [-0.1, -0.05) is 17.7 Å². The molecule has 0 fully saturated rings. The van der Waals surface area contributed by atoms with Gasteiger partial charge >= 0.3 is 6.09 Å². The molecule has 116 valence electrons. The van der Waals surface area contributed by atoms with E-state index < -0.39 is 5.60 Å². The number of nitrogens with zero attached hydrogens (tertiary/aromatic N) is 1. The molecule has 21 heavy (non-hydrogen) atoms. The maximum atomic E-state index is 12.2. The lowest BCUT2D eigenvalue weighted by Crippen LogP contribution is -2.36. The van der Waals surface area contributed by atoms with Gasteiger partial charge in [-0.15, -0.1) is 0 Å². The van der Waals surface area contributed by atoms with Crippen LogP contribution in [0.3, 0.4) is 0 Å². The molecule has 1 aromatic carbocycles. The first kappa shape index (κ1) is 16.0. The van der Waals surface area contributed by atoms with E-state index in [1.54, 1.807) is 4.90 Å². The fourth-order valence-electron chi connectivity index (χ4n) is 2.37. The Morgan fingerprint density at radius 1 is 1.33 bits per heavy atom. The van der Waals surface area contributed by atoms with Crippen LogP contribution in [0, 0.1) is 0 Å². The molecule has 1 aromatic rings. The van der Waals surface area contributed by atoms with Gasteiger partial charge in [0.1, 0.15) is 11.4 Å². The van der Waals surface area contributed by atoms with Crippen LogP contribution in [0.4, 0.5) is 4.79 Å². The first-order chi connectivity index (χ1) is 9.89. The standard InChI is InChI=1S/C16H22ClNO3/c1-16(2,3)21-15(19)18-8-4-5-12-6-7-14(20-11-17)9-13(12)10-18/h6-7,9H,4-5,8,10-11H2,1-3H3. The van der Waals surface area contributed by atoms with Gasteiger partial charge in [0.15, 0.2) is 6.07 Å². The summed E-state index contributed by atoms with van der Waals surface area (Å²) in [5, 5.41) is 0. The van der Waals surface area contributed by atoms with Gasteiger partial charge in [0.25, 0.3) is 0 Å². The Bertz CT molecular complexity index is 511. The average molecular weight is 312 g/mol. The smallest absolute Gasteiger partial charge is 0.410 e. The Morgan fingerprint density at radius 2 is 2.10 bits per heavy atom. The van der Waals surface area contributed by atoms with E-state index in [0.717, 1.165) is 24.2 Å². The number of aryl methyl sites for hydroxylation is 1. The Hall–Kier alpha value is -1.42. The van der Waals surface area contributed by atoms with Crippen LogP contribution in [-0.2, 0) is 17.7 Å². The molecular weight excluding hydrogens is 290 g/mol. The second-order valence-corrected chi connectivity index (χ2v) is 6.41. The largest absolute Gasteiger partial charge is 0.478 e. The Balaban J connectivity index is 2.15. The van der Waals surface area contributed by atoms with Crippen LogP contribution < -0.4 is 4.74 Å². The van der Waals surface area contributed by atoms with Crippen LogP contribution in [0.5, 0.6) is 5.75 Å². The van der Waals surface area contributed by atoms with E-state index in [1.807, 2.05) is 32.9 Å². The number of benzene rings is 1. The van der Waals surface area contributed by atoms with E-state index in [-0.39, 0.29) is 12.2 Å². The van der Waals surface area contributed by atoms with Gasteiger partial charge in [-0.2, -0.15) is 0 Å². The molecule has 1 aliphatic heterocycles. The molecule has 0 saturated heterocycles. The summed E-state index contributed by atoms with van der Waals surface area (Å²) in [6, 6.07) is 6.05. The van der Waals surface area contributed by atoms with Gasteiger partial charge in [0, 0.05) is 13.1 Å². The number of alkyl halides is 1. The quantitative estimate of drug-likeness (QED) is 0.776. The van der Waals surface area contributed by atoms with Gasteiger partial charge in [0.2, 0.25) is 0 Å². The first-order valence-corrected chi connectivity index (χ1v) is 7.71. The summed E-state index contributed by atoms with van der Waals surface area (Å²) in [5.74, 6) is 0.731. The van der Waals surface area contributed by atoms with Crippen LogP contribution >= 0.6 is 11.6 Å². The minimum Gasteiger partial charge on any atom is -0.478 e. The van der Waals surface area contributed by atoms with Crippen LogP contribution in [0.15, 0.2) is 18.2 Å². The molecule has 5 heteroatoms. The zero-order valence-electron chi connectivity index (χ0n) is 12.8. The van der Waals surface area contributed by atoms with E-state index in [9.17, 15) is 4.79 Å². The second-order valence-electron chi connectivity index (χ2n) is 6.19. The Morgan fingerprint density at radius 3 is 2.76 bits per heavy atom. The predicted octanol–water partition coefficient (Wildman–Crippen LogP) is 3.95. The summed E-state index contributed by atoms with van der Waals surface area (Å²) in [6.07, 6.45) is 1.62. The zero-order valence-corrected chi connectivity index (χ0v) is 13.6. The van der Waals surface area contributed by atoms with Crippen LogP contribution in [-0.4, -0.2) is 29.2 Å². The Kier molecular flexibility index (Phi) is 4.99. The van der Waals surface area contributed by atoms with E-state index in [1.165, 1.54) is 5.56 Å². The van der Waals surface area contributed by atoms with Crippen LogP contribution in [0.25, 0.3) is 0 Å². The molecule has 0 aromatic heterocycles. The van der Waals surface area contributed by atoms with Crippen molar-refractivity contribution in [1.82, 2.24) is 4.90 Å². The molecule has 1 heterocycles. The highest BCUT2D eigenvalue weighted by molar-refractivity contribution is 6.17. The maximum Gasteiger partial charge on any atom is 0.410 e. The molecule has 0 spiro atoms. The molecule has 2 rings (SSSR count). The average Bonchev–Trinajstić information content (AvgIpc) is 2.59. The van der Waals surface area contributed by atoms with E-state index in [0.29, 0.717) is 13.1 Å². The zero-order chi connectivity index (χ0) is 15.5. The number of hydrogen-bond acceptors (Lipinski definition) is 3. The van der Waals surface area contributed by atoms with Crippen molar-refractivity contribution in [3.8, 4) is 5.75 Å². The van der Waals surface area contributed by atoms with Gasteiger partial charge in [-0.3, -0.25) is 0 Å². The number of carbonyl (C=O) groups is 1. The molecule has 0 saturated carbocycles. The van der Waals surface area contributed by atoms with Crippen LogP contribution in [0.1, 0.15) is 38.3 Å². The van der Waals surface area contributed by atoms with Crippen molar-refractivity contribution in [2.75, 3.05) is 12.6 Å². The highest BCUT2D eigenvalue weighted by atomic mass is 35.5. The third-order valence-electron chi connectivity index (χ3n) is 3.29. The first-order valence-electron chi connectivity index (χ1n) is 7.17. The number of ether oxygens (including phenoxy) is 2. The molecule has 1 aliphatic rings. The third-order valence-corrected chi connectivity index (χ3v) is 3.40. The molecule has 0 unspecified atom stereocenters. The highest BCUT2D eigenvalue weighted by Gasteiger charge is 2.24. The van der Waals surface area contributed by atoms with Gasteiger partial charge in [-0.05, 0) is 56.9 Å². The molecular formula is C16H22ClNO3. The van der Waals surface area contributed by atoms with Crippen molar-refractivity contribution in [2.24, 2.45) is 0 Å². The lowest BCUT2D eigenvalue weighted by Gasteiger charge is -2.26. The SMILES string of the molecule is CC(C)(C)OC(=O)N1CCCc2ccc(OCCl)cc2C1. The summed E-state index contributed by atoms with van der Waals surface area (Å²) >= 11 is 5.60. The number of halogens is 1. The van der Waals surface area contributed by atoms with Gasteiger partial charge in [0.05, 0.1) is 0 Å². The van der Waals surface area contributed by atoms with Crippen molar-refractivity contribution in [3.05, 3.63) is 29.3 Å². The highest BCUT2D eigenvalue weighted by Crippen LogP contribution is 2.25. The summed E-state index contributed by atoms with van der Waals surface area (Å²) in [4.78, 5) is 14.0. The van der Waals surface area contributed by atoms with E-state index in [4.69, 9.17) is 21.1 Å². The number of fused-ring (bicyclic) bond motifs is 1. The molecule has 0 bridgehead atoms. The minimum atomic E-state index is -0.476. The van der Waals surface area contributed by atoms with E-state index in [2.05, 4.69) is 6.07 Å². The van der Waals surface area contributed by atoms with Crippen molar-refractivity contribution < 1.29 is 14.3 Å². The predicted molar refractivity (Wildman–Crippen MR) is 82.8 cm³/mol. The van der Waals surface area contributed by atoms with Crippen molar-refractivity contribution in [1.29, 1.82) is 0 Å². The molecule has 0 aliphatic carbocycles. The molecule has 1 amide bonds. The topological polar surface area (TPSA) is 38.8 Å². The molecule has 0 atom stereocenters. The number of amides is 1. The lowest BCUT2D eigenvalue weighted by molar-refractivity contribution is 0.0236. The van der Waals surface area contributed by atoms with Crippen molar-refractivity contribution in [3.63, 3.8) is 0 Å². The fraction of sp³-hybridized carbons (Fsp3) is 0.562. The third kappa shape index (κ3) is 4.53.